The minimum absolute atomic E-state index is 0.139. The van der Waals surface area contributed by atoms with E-state index >= 15 is 0 Å². The predicted octanol–water partition coefficient (Wildman–Crippen LogP) is 2.92. The molecule has 3 unspecified atom stereocenters. The Bertz CT molecular complexity index is 749. The molecule has 1 saturated heterocycles. The fourth-order valence-electron chi connectivity index (χ4n) is 4.92. The lowest BCUT2D eigenvalue weighted by Crippen LogP contribution is -2.41. The lowest BCUT2D eigenvalue weighted by molar-refractivity contribution is -0.143. The van der Waals surface area contributed by atoms with Crippen molar-refractivity contribution in [2.45, 2.75) is 64.3 Å². The standard InChI is InChI=1S/C22H28N2O3/c1-14(16-11-10-15-6-2-3-7-17(15)12-16)23-20(25)13-24-21(26)18-8-4-5-9-19(18)22(24)27/h10-12,14,18-19H,2-9,13H2,1H3,(H,23,25). The van der Waals surface area contributed by atoms with Crippen LogP contribution in [0.5, 0.6) is 0 Å². The second kappa shape index (κ2) is 7.45. The SMILES string of the molecule is CC(NC(=O)CN1C(=O)C2CCCCC2C1=O)c1ccc2c(c1)CCCC2. The maximum atomic E-state index is 12.5. The summed E-state index contributed by atoms with van der Waals surface area (Å²) in [6, 6.07) is 6.31. The van der Waals surface area contributed by atoms with Crippen LogP contribution < -0.4 is 5.32 Å². The molecule has 2 aliphatic carbocycles. The molecule has 1 aliphatic heterocycles. The quantitative estimate of drug-likeness (QED) is 0.831. The fourth-order valence-corrected chi connectivity index (χ4v) is 4.92. The minimum atomic E-state index is -0.263. The van der Waals surface area contributed by atoms with Gasteiger partial charge >= 0.3 is 0 Å². The average Bonchev–Trinajstić information content (AvgIpc) is 2.92. The van der Waals surface area contributed by atoms with E-state index < -0.39 is 0 Å². The number of carbonyl (C=O) groups excluding carboxylic acids is 3. The van der Waals surface area contributed by atoms with Crippen molar-refractivity contribution in [2.75, 3.05) is 6.54 Å². The van der Waals surface area contributed by atoms with Gasteiger partial charge in [0.05, 0.1) is 17.9 Å². The highest BCUT2D eigenvalue weighted by Gasteiger charge is 2.48. The molecule has 27 heavy (non-hydrogen) atoms. The molecule has 0 aromatic heterocycles. The number of benzene rings is 1. The summed E-state index contributed by atoms with van der Waals surface area (Å²) in [6.45, 7) is 1.80. The summed E-state index contributed by atoms with van der Waals surface area (Å²) in [7, 11) is 0. The van der Waals surface area contributed by atoms with Gasteiger partial charge in [-0.1, -0.05) is 31.0 Å². The summed E-state index contributed by atoms with van der Waals surface area (Å²) in [6.07, 6.45) is 8.25. The molecular formula is C22H28N2O3. The highest BCUT2D eigenvalue weighted by molar-refractivity contribution is 6.07. The summed E-state index contributed by atoms with van der Waals surface area (Å²) >= 11 is 0. The number of hydrogen-bond donors (Lipinski definition) is 1. The van der Waals surface area contributed by atoms with Gasteiger partial charge in [0.2, 0.25) is 17.7 Å². The van der Waals surface area contributed by atoms with Crippen LogP contribution in [0.15, 0.2) is 18.2 Å². The Kier molecular flexibility index (Phi) is 5.02. The van der Waals surface area contributed by atoms with Crippen LogP contribution >= 0.6 is 0 Å². The van der Waals surface area contributed by atoms with Crippen LogP contribution in [0.3, 0.4) is 0 Å². The molecule has 3 aliphatic rings. The van der Waals surface area contributed by atoms with Crippen LogP contribution in [0, 0.1) is 11.8 Å². The molecule has 1 saturated carbocycles. The van der Waals surface area contributed by atoms with Gasteiger partial charge in [0.15, 0.2) is 0 Å². The summed E-state index contributed by atoms with van der Waals surface area (Å²) in [5, 5.41) is 2.97. The van der Waals surface area contributed by atoms with Gasteiger partial charge in [-0.15, -0.1) is 0 Å². The molecule has 4 rings (SSSR count). The summed E-state index contributed by atoms with van der Waals surface area (Å²) in [5.74, 6) is -0.961. The van der Waals surface area contributed by atoms with Gasteiger partial charge in [-0.3, -0.25) is 19.3 Å². The number of likely N-dealkylation sites (tertiary alicyclic amines) is 1. The van der Waals surface area contributed by atoms with E-state index in [9.17, 15) is 14.4 Å². The number of nitrogens with one attached hydrogen (secondary N) is 1. The summed E-state index contributed by atoms with van der Waals surface area (Å²) in [4.78, 5) is 38.8. The van der Waals surface area contributed by atoms with Crippen LogP contribution in [-0.4, -0.2) is 29.2 Å². The van der Waals surface area contributed by atoms with Crippen molar-refractivity contribution in [1.82, 2.24) is 10.2 Å². The zero-order chi connectivity index (χ0) is 19.0. The van der Waals surface area contributed by atoms with Gasteiger partial charge in [0.25, 0.3) is 0 Å². The van der Waals surface area contributed by atoms with Crippen molar-refractivity contribution < 1.29 is 14.4 Å². The maximum Gasteiger partial charge on any atom is 0.240 e. The molecule has 1 aromatic carbocycles. The Morgan fingerprint density at radius 3 is 2.33 bits per heavy atom. The Labute approximate surface area is 160 Å². The number of fused-ring (bicyclic) bond motifs is 2. The van der Waals surface area contributed by atoms with Gasteiger partial charge in [-0.25, -0.2) is 0 Å². The molecule has 5 heteroatoms. The van der Waals surface area contributed by atoms with E-state index in [-0.39, 0.29) is 42.1 Å². The van der Waals surface area contributed by atoms with Crippen molar-refractivity contribution in [3.05, 3.63) is 34.9 Å². The molecular weight excluding hydrogens is 340 g/mol. The zero-order valence-electron chi connectivity index (χ0n) is 16.0. The molecule has 1 aromatic rings. The van der Waals surface area contributed by atoms with E-state index in [2.05, 4.69) is 23.5 Å². The smallest absolute Gasteiger partial charge is 0.240 e. The number of amides is 3. The molecule has 3 atom stereocenters. The summed E-state index contributed by atoms with van der Waals surface area (Å²) in [5.41, 5.74) is 3.88. The zero-order valence-corrected chi connectivity index (χ0v) is 16.0. The molecule has 2 fully saturated rings. The average molecular weight is 368 g/mol. The van der Waals surface area contributed by atoms with Gasteiger partial charge in [-0.2, -0.15) is 0 Å². The number of nitrogens with zero attached hydrogens (tertiary/aromatic N) is 1. The van der Waals surface area contributed by atoms with Crippen LogP contribution in [0.1, 0.15) is 68.2 Å². The first-order valence-electron chi connectivity index (χ1n) is 10.3. The third-order valence-corrected chi connectivity index (χ3v) is 6.48. The Hall–Kier alpha value is -2.17. The van der Waals surface area contributed by atoms with Gasteiger partial charge < -0.3 is 5.32 Å². The lowest BCUT2D eigenvalue weighted by atomic mass is 9.81. The molecule has 0 spiro atoms. The minimum Gasteiger partial charge on any atom is -0.348 e. The van der Waals surface area contributed by atoms with E-state index in [1.54, 1.807) is 0 Å². The Morgan fingerprint density at radius 2 is 1.67 bits per heavy atom. The lowest BCUT2D eigenvalue weighted by Gasteiger charge is -2.21. The molecule has 5 nitrogen and oxygen atoms in total. The highest BCUT2D eigenvalue weighted by atomic mass is 16.2. The second-order valence-corrected chi connectivity index (χ2v) is 8.28. The third-order valence-electron chi connectivity index (χ3n) is 6.48. The van der Waals surface area contributed by atoms with E-state index in [0.29, 0.717) is 0 Å². The van der Waals surface area contributed by atoms with Crippen LogP contribution in [-0.2, 0) is 27.2 Å². The number of imide groups is 1. The third kappa shape index (κ3) is 3.52. The topological polar surface area (TPSA) is 66.5 Å². The maximum absolute atomic E-state index is 12.5. The number of rotatable bonds is 4. The van der Waals surface area contributed by atoms with E-state index in [4.69, 9.17) is 0 Å². The second-order valence-electron chi connectivity index (χ2n) is 8.28. The normalized spacial score (nSPS) is 25.7. The molecule has 0 radical (unpaired) electrons. The van der Waals surface area contributed by atoms with Crippen molar-refractivity contribution in [3.8, 4) is 0 Å². The van der Waals surface area contributed by atoms with E-state index in [1.165, 1.54) is 28.9 Å². The first-order valence-corrected chi connectivity index (χ1v) is 10.3. The molecule has 1 heterocycles. The van der Waals surface area contributed by atoms with Crippen LogP contribution in [0.2, 0.25) is 0 Å². The highest BCUT2D eigenvalue weighted by Crippen LogP contribution is 2.37. The van der Waals surface area contributed by atoms with Crippen molar-refractivity contribution in [2.24, 2.45) is 11.8 Å². The number of hydrogen-bond acceptors (Lipinski definition) is 3. The van der Waals surface area contributed by atoms with E-state index in [0.717, 1.165) is 44.1 Å². The Balaban J connectivity index is 1.39. The Morgan fingerprint density at radius 1 is 1.04 bits per heavy atom. The van der Waals surface area contributed by atoms with Crippen LogP contribution in [0.25, 0.3) is 0 Å². The number of aryl methyl sites for hydroxylation is 2. The molecule has 3 amide bonds. The molecule has 144 valence electrons. The van der Waals surface area contributed by atoms with Gasteiger partial charge in [0.1, 0.15) is 6.54 Å². The van der Waals surface area contributed by atoms with Gasteiger partial charge in [0, 0.05) is 0 Å². The van der Waals surface area contributed by atoms with Gasteiger partial charge in [-0.05, 0) is 62.1 Å². The largest absolute Gasteiger partial charge is 0.348 e. The number of carbonyl (C=O) groups is 3. The van der Waals surface area contributed by atoms with E-state index in [1.807, 2.05) is 6.92 Å². The van der Waals surface area contributed by atoms with Crippen molar-refractivity contribution in [1.29, 1.82) is 0 Å². The van der Waals surface area contributed by atoms with Crippen LogP contribution in [0.4, 0.5) is 0 Å². The summed E-state index contributed by atoms with van der Waals surface area (Å²) < 4.78 is 0. The predicted molar refractivity (Wildman–Crippen MR) is 102 cm³/mol. The van der Waals surface area contributed by atoms with Crippen molar-refractivity contribution >= 4 is 17.7 Å². The molecule has 0 bridgehead atoms. The molecule has 1 N–H and O–H groups in total. The van der Waals surface area contributed by atoms with Crippen molar-refractivity contribution in [3.63, 3.8) is 0 Å². The monoisotopic (exact) mass is 368 g/mol. The first-order chi connectivity index (χ1) is 13.0. The first kappa shape index (κ1) is 18.2. The fraction of sp³-hybridized carbons (Fsp3) is 0.591.